The third-order valence-electron chi connectivity index (χ3n) is 4.51. The minimum atomic E-state index is -4.75. The van der Waals surface area contributed by atoms with Gasteiger partial charge in [-0.3, -0.25) is 4.57 Å². The topological polar surface area (TPSA) is 125 Å². The van der Waals surface area contributed by atoms with Gasteiger partial charge < -0.3 is 24.7 Å². The van der Waals surface area contributed by atoms with Crippen LogP contribution in [0.5, 0.6) is 5.75 Å². The molecule has 192 valence electrons. The Hall–Kier alpha value is -2.34. The van der Waals surface area contributed by atoms with Crippen molar-refractivity contribution in [1.82, 2.24) is 19.5 Å². The lowest BCUT2D eigenvalue weighted by Gasteiger charge is -2.18. The fourth-order valence-electron chi connectivity index (χ4n) is 3.02. The van der Waals surface area contributed by atoms with Crippen molar-refractivity contribution < 1.29 is 32.1 Å². The van der Waals surface area contributed by atoms with Gasteiger partial charge >= 0.3 is 6.18 Å². The van der Waals surface area contributed by atoms with E-state index in [1.807, 2.05) is 24.3 Å². The van der Waals surface area contributed by atoms with E-state index in [1.165, 1.54) is 18.1 Å². The first kappa shape index (κ1) is 27.3. The molecule has 2 aromatic heterocycles. The van der Waals surface area contributed by atoms with Crippen molar-refractivity contribution in [3.8, 4) is 5.75 Å². The number of benzene rings is 1. The lowest BCUT2D eigenvalue weighted by Crippen LogP contribution is -2.20. The van der Waals surface area contributed by atoms with Gasteiger partial charge in [0.2, 0.25) is 13.3 Å². The fourth-order valence-corrected chi connectivity index (χ4v) is 5.03. The third-order valence-corrected chi connectivity index (χ3v) is 6.90. The van der Waals surface area contributed by atoms with E-state index >= 15 is 0 Å². The Bertz CT molecular complexity index is 1190. The van der Waals surface area contributed by atoms with Crippen molar-refractivity contribution >= 4 is 36.2 Å². The molecule has 0 saturated carbocycles. The highest BCUT2D eigenvalue weighted by atomic mass is 32.2. The minimum absolute atomic E-state index is 0.0252. The Labute approximate surface area is 204 Å². The first-order valence-electron chi connectivity index (χ1n) is 10.7. The minimum Gasteiger partial charge on any atom is -0.493 e. The molecule has 2 heterocycles. The predicted octanol–water partition coefficient (Wildman–Crippen LogP) is 4.79. The molecular weight excluding hydrogens is 506 g/mol. The summed E-state index contributed by atoms with van der Waals surface area (Å²) in [6.07, 6.45) is -6.65. The molecule has 3 N–H and O–H groups in total. The first-order valence-corrected chi connectivity index (χ1v) is 13.5. The molecule has 9 nitrogen and oxygen atoms in total. The molecule has 0 aliphatic carbocycles. The highest BCUT2D eigenvalue weighted by Crippen LogP contribution is 2.45. The van der Waals surface area contributed by atoms with Crippen LogP contribution < -0.4 is 10.5 Å². The van der Waals surface area contributed by atoms with Gasteiger partial charge in [-0.05, 0) is 37.1 Å². The van der Waals surface area contributed by atoms with Gasteiger partial charge in [0.15, 0.2) is 5.65 Å². The molecule has 3 aromatic rings. The summed E-state index contributed by atoms with van der Waals surface area (Å²) in [5.41, 5.74) is 6.80. The normalized spacial score (nSPS) is 14.9. The molecule has 0 saturated heterocycles. The van der Waals surface area contributed by atoms with Crippen LogP contribution in [0.2, 0.25) is 0 Å². The van der Waals surface area contributed by atoms with Crippen molar-refractivity contribution in [3.05, 3.63) is 30.6 Å². The highest BCUT2D eigenvalue weighted by molar-refractivity contribution is 7.99. The molecule has 0 spiro atoms. The second-order valence-electron chi connectivity index (χ2n) is 8.46. The number of anilines is 1. The zero-order valence-electron chi connectivity index (χ0n) is 19.4. The van der Waals surface area contributed by atoms with E-state index in [0.29, 0.717) is 28.7 Å². The van der Waals surface area contributed by atoms with E-state index in [2.05, 4.69) is 28.8 Å². The number of imidazole rings is 1. The van der Waals surface area contributed by atoms with Crippen LogP contribution in [0.4, 0.5) is 19.1 Å². The molecule has 3 rings (SSSR count). The Morgan fingerprint density at radius 1 is 1.20 bits per heavy atom. The number of hydrogen-bond donors (Lipinski definition) is 2. The summed E-state index contributed by atoms with van der Waals surface area (Å²) in [7, 11) is -4.50. The Morgan fingerprint density at radius 2 is 1.89 bits per heavy atom. The number of alkyl halides is 3. The molecular formula is C21H27F3N5O4PS. The van der Waals surface area contributed by atoms with Gasteiger partial charge in [0.1, 0.15) is 28.8 Å². The molecule has 1 aromatic carbocycles. The molecule has 0 radical (unpaired) electrons. The smallest absolute Gasteiger partial charge is 0.398 e. The maximum absolute atomic E-state index is 12.4. The summed E-state index contributed by atoms with van der Waals surface area (Å²) in [4.78, 5) is 23.3. The molecule has 0 amide bonds. The molecule has 0 aliphatic heterocycles. The molecule has 0 aliphatic rings. The number of hydrogen-bond acceptors (Lipinski definition) is 8. The average Bonchev–Trinajstić information content (AvgIpc) is 3.12. The van der Waals surface area contributed by atoms with Crippen molar-refractivity contribution in [2.45, 2.75) is 49.5 Å². The molecule has 0 bridgehead atoms. The van der Waals surface area contributed by atoms with Gasteiger partial charge in [-0.15, -0.1) is 0 Å². The van der Waals surface area contributed by atoms with E-state index in [9.17, 15) is 22.6 Å². The van der Waals surface area contributed by atoms with Gasteiger partial charge in [-0.1, -0.05) is 25.6 Å². The van der Waals surface area contributed by atoms with Crippen LogP contribution in [0.1, 0.15) is 20.8 Å². The largest absolute Gasteiger partial charge is 0.493 e. The maximum Gasteiger partial charge on any atom is 0.398 e. The second kappa shape index (κ2) is 11.2. The summed E-state index contributed by atoms with van der Waals surface area (Å²) in [5.74, 6) is 1.20. The Balaban J connectivity index is 1.70. The monoisotopic (exact) mass is 533 g/mol. The highest BCUT2D eigenvalue weighted by Gasteiger charge is 2.38. The van der Waals surface area contributed by atoms with Crippen molar-refractivity contribution in [2.75, 3.05) is 24.9 Å². The summed E-state index contributed by atoms with van der Waals surface area (Å²) in [5, 5.41) is 0.528. The lowest BCUT2D eigenvalue weighted by atomic mass is 10.2. The summed E-state index contributed by atoms with van der Waals surface area (Å²) >= 11 is 1.35. The second-order valence-corrected chi connectivity index (χ2v) is 11.8. The predicted molar refractivity (Wildman–Crippen MR) is 127 cm³/mol. The number of ether oxygens (including phenoxy) is 2. The number of nitrogen functional groups attached to an aromatic ring is 1. The van der Waals surface area contributed by atoms with Crippen LogP contribution in [0.25, 0.3) is 11.2 Å². The summed E-state index contributed by atoms with van der Waals surface area (Å²) < 4.78 is 61.6. The number of rotatable bonds is 11. The first-order chi connectivity index (χ1) is 16.3. The standard InChI is InChI=1S/C21H27F3N5O4PS/c1-13(2)9-32-15-4-6-16(7-5-15)35-19-17-18(27-20(25)28-19)29(11-26-17)8-14(3)33-12-34(30,31)10-21(22,23)24/h4-7,11,13-14H,8-10,12H2,1-3H3,(H,30,31)(H2,25,27,28). The third kappa shape index (κ3) is 8.38. The molecule has 0 fully saturated rings. The Kier molecular flexibility index (Phi) is 8.68. The van der Waals surface area contributed by atoms with Crippen LogP contribution in [-0.2, 0) is 15.8 Å². The van der Waals surface area contributed by atoms with Crippen LogP contribution in [-0.4, -0.2) is 55.8 Å². The zero-order valence-corrected chi connectivity index (χ0v) is 21.1. The molecule has 14 heteroatoms. The van der Waals surface area contributed by atoms with E-state index in [0.717, 1.165) is 10.6 Å². The number of halogens is 3. The fraction of sp³-hybridized carbons (Fsp3) is 0.476. The van der Waals surface area contributed by atoms with Crippen LogP contribution in [0.15, 0.2) is 40.5 Å². The number of fused-ring (bicyclic) bond motifs is 1. The summed E-state index contributed by atoms with van der Waals surface area (Å²) in [6, 6.07) is 7.52. The number of nitrogens with zero attached hydrogens (tertiary/aromatic N) is 4. The van der Waals surface area contributed by atoms with Gasteiger partial charge in [-0.25, -0.2) is 9.97 Å². The van der Waals surface area contributed by atoms with Gasteiger partial charge in [0.25, 0.3) is 0 Å². The van der Waals surface area contributed by atoms with E-state index < -0.39 is 32.2 Å². The van der Waals surface area contributed by atoms with Crippen molar-refractivity contribution in [2.24, 2.45) is 5.92 Å². The zero-order chi connectivity index (χ0) is 25.8. The van der Waals surface area contributed by atoms with Crippen molar-refractivity contribution in [3.63, 3.8) is 0 Å². The van der Waals surface area contributed by atoms with Crippen LogP contribution >= 0.6 is 19.1 Å². The van der Waals surface area contributed by atoms with E-state index in [-0.39, 0.29) is 12.5 Å². The van der Waals surface area contributed by atoms with Gasteiger partial charge in [-0.2, -0.15) is 18.2 Å². The van der Waals surface area contributed by atoms with Gasteiger partial charge in [0.05, 0.1) is 25.6 Å². The van der Waals surface area contributed by atoms with Crippen LogP contribution in [0.3, 0.4) is 0 Å². The van der Waals surface area contributed by atoms with Crippen molar-refractivity contribution in [1.29, 1.82) is 0 Å². The maximum atomic E-state index is 12.4. The van der Waals surface area contributed by atoms with Gasteiger partial charge in [0, 0.05) is 4.90 Å². The molecule has 2 atom stereocenters. The van der Waals surface area contributed by atoms with E-state index in [4.69, 9.17) is 15.2 Å². The number of aromatic nitrogens is 4. The summed E-state index contributed by atoms with van der Waals surface area (Å²) in [6.45, 7) is 6.46. The SMILES string of the molecule is CC(C)COc1ccc(Sc2nc(N)nc3c2ncn3CC(C)OCP(=O)(O)CC(F)(F)F)cc1. The quantitative estimate of drug-likeness (QED) is 0.264. The average molecular weight is 534 g/mol. The molecule has 35 heavy (non-hydrogen) atoms. The number of nitrogens with two attached hydrogens (primary N) is 1. The Morgan fingerprint density at radius 3 is 2.51 bits per heavy atom. The van der Waals surface area contributed by atoms with E-state index in [1.54, 1.807) is 11.5 Å². The van der Waals surface area contributed by atoms with Crippen LogP contribution in [0, 0.1) is 5.92 Å². The lowest BCUT2D eigenvalue weighted by molar-refractivity contribution is -0.108. The molecule has 2 unspecified atom stereocenters.